The first-order valence-electron chi connectivity index (χ1n) is 7.63. The molecule has 3 aromatic rings. The van der Waals surface area contributed by atoms with E-state index in [2.05, 4.69) is 10.4 Å². The number of carbonyl (C=O) groups is 1. The minimum Gasteiger partial charge on any atom is -0.484 e. The van der Waals surface area contributed by atoms with Crippen LogP contribution in [0.2, 0.25) is 0 Å². The first-order chi connectivity index (χ1) is 12.4. The maximum absolute atomic E-state index is 12.5. The molecular formula is C18H14F3N3O2. The van der Waals surface area contributed by atoms with Crippen molar-refractivity contribution in [1.29, 1.82) is 0 Å². The summed E-state index contributed by atoms with van der Waals surface area (Å²) >= 11 is 0. The van der Waals surface area contributed by atoms with Crippen LogP contribution in [0.1, 0.15) is 5.56 Å². The minimum atomic E-state index is -4.41. The largest absolute Gasteiger partial charge is 0.484 e. The average Bonchev–Trinajstić information content (AvgIpc) is 3.09. The third-order valence-corrected chi connectivity index (χ3v) is 3.43. The highest BCUT2D eigenvalue weighted by Crippen LogP contribution is 2.30. The van der Waals surface area contributed by atoms with Crippen molar-refractivity contribution in [3.8, 4) is 11.4 Å². The molecule has 3 rings (SSSR count). The van der Waals surface area contributed by atoms with Crippen molar-refractivity contribution in [2.45, 2.75) is 6.18 Å². The van der Waals surface area contributed by atoms with E-state index in [1.165, 1.54) is 12.1 Å². The van der Waals surface area contributed by atoms with Crippen molar-refractivity contribution in [3.05, 3.63) is 72.4 Å². The topological polar surface area (TPSA) is 56.1 Å². The van der Waals surface area contributed by atoms with Gasteiger partial charge in [0.1, 0.15) is 5.75 Å². The lowest BCUT2D eigenvalue weighted by Crippen LogP contribution is -2.20. The van der Waals surface area contributed by atoms with Gasteiger partial charge in [-0.25, -0.2) is 4.68 Å². The van der Waals surface area contributed by atoms with Gasteiger partial charge in [0.25, 0.3) is 5.91 Å². The fraction of sp³-hybridized carbons (Fsp3) is 0.111. The summed E-state index contributed by atoms with van der Waals surface area (Å²) in [6.45, 7) is -0.344. The van der Waals surface area contributed by atoms with Crippen molar-refractivity contribution in [3.63, 3.8) is 0 Å². The average molecular weight is 361 g/mol. The Morgan fingerprint density at radius 2 is 1.73 bits per heavy atom. The predicted molar refractivity (Wildman–Crippen MR) is 89.1 cm³/mol. The summed E-state index contributed by atoms with van der Waals surface area (Å²) in [5.41, 5.74) is 0.0646. The molecule has 1 aromatic heterocycles. The molecule has 1 N–H and O–H groups in total. The van der Waals surface area contributed by atoms with Crippen molar-refractivity contribution < 1.29 is 22.7 Å². The summed E-state index contributed by atoms with van der Waals surface area (Å²) in [5.74, 6) is 0.0426. The molecule has 1 amide bonds. The molecule has 0 aliphatic heterocycles. The third-order valence-electron chi connectivity index (χ3n) is 3.43. The first kappa shape index (κ1) is 17.5. The van der Waals surface area contributed by atoms with E-state index in [0.29, 0.717) is 5.82 Å². The number of carbonyl (C=O) groups excluding carboxylic acids is 1. The van der Waals surface area contributed by atoms with Gasteiger partial charge in [0.05, 0.1) is 11.3 Å². The minimum absolute atomic E-state index is 0.169. The Balaban J connectivity index is 1.54. The molecule has 0 spiro atoms. The first-order valence-corrected chi connectivity index (χ1v) is 7.63. The zero-order valence-electron chi connectivity index (χ0n) is 13.4. The molecule has 1 heterocycles. The second-order valence-electron chi connectivity index (χ2n) is 5.34. The van der Waals surface area contributed by atoms with E-state index < -0.39 is 17.6 Å². The predicted octanol–water partition coefficient (Wildman–Crippen LogP) is 3.91. The number of ether oxygens (including phenoxy) is 1. The smallest absolute Gasteiger partial charge is 0.416 e. The highest BCUT2D eigenvalue weighted by molar-refractivity contribution is 5.90. The summed E-state index contributed by atoms with van der Waals surface area (Å²) in [4.78, 5) is 11.9. The van der Waals surface area contributed by atoms with Gasteiger partial charge in [0, 0.05) is 12.3 Å². The highest BCUT2D eigenvalue weighted by Gasteiger charge is 2.30. The Labute approximate surface area is 147 Å². The lowest BCUT2D eigenvalue weighted by atomic mass is 10.2. The maximum atomic E-state index is 12.5. The Bertz CT molecular complexity index is 875. The SMILES string of the molecule is O=C(COc1ccc(C(F)(F)F)cc1)Nc1ccn(-c2ccccc2)n1. The van der Waals surface area contributed by atoms with E-state index in [4.69, 9.17) is 4.74 Å². The molecule has 0 bridgehead atoms. The van der Waals surface area contributed by atoms with Crippen LogP contribution in [0.3, 0.4) is 0 Å². The molecule has 2 aromatic carbocycles. The van der Waals surface area contributed by atoms with E-state index in [9.17, 15) is 18.0 Å². The molecule has 0 saturated heterocycles. The van der Waals surface area contributed by atoms with Gasteiger partial charge in [0.2, 0.25) is 0 Å². The van der Waals surface area contributed by atoms with Gasteiger partial charge in [-0.1, -0.05) is 18.2 Å². The van der Waals surface area contributed by atoms with Crippen LogP contribution < -0.4 is 10.1 Å². The van der Waals surface area contributed by atoms with E-state index in [1.54, 1.807) is 16.9 Å². The van der Waals surface area contributed by atoms with Crippen molar-refractivity contribution in [1.82, 2.24) is 9.78 Å². The summed E-state index contributed by atoms with van der Waals surface area (Å²) in [6.07, 6.45) is -2.71. The number of hydrogen-bond donors (Lipinski definition) is 1. The summed E-state index contributed by atoms with van der Waals surface area (Å²) in [6, 6.07) is 15.1. The van der Waals surface area contributed by atoms with Crippen LogP contribution in [0.15, 0.2) is 66.9 Å². The Morgan fingerprint density at radius 1 is 1.04 bits per heavy atom. The number of nitrogens with one attached hydrogen (secondary N) is 1. The Hall–Kier alpha value is -3.29. The molecule has 0 fully saturated rings. The fourth-order valence-corrected chi connectivity index (χ4v) is 2.18. The Kier molecular flexibility index (Phi) is 4.92. The summed E-state index contributed by atoms with van der Waals surface area (Å²) in [7, 11) is 0. The number of halogens is 3. The van der Waals surface area contributed by atoms with E-state index in [-0.39, 0.29) is 12.4 Å². The zero-order chi connectivity index (χ0) is 18.6. The van der Waals surface area contributed by atoms with E-state index in [1.807, 2.05) is 30.3 Å². The number of nitrogens with zero attached hydrogens (tertiary/aromatic N) is 2. The molecule has 8 heteroatoms. The molecule has 0 radical (unpaired) electrons. The van der Waals surface area contributed by atoms with Crippen molar-refractivity contribution in [2.75, 3.05) is 11.9 Å². The second-order valence-corrected chi connectivity index (χ2v) is 5.34. The molecule has 0 aliphatic carbocycles. The van der Waals surface area contributed by atoms with Crippen LogP contribution in [0.25, 0.3) is 5.69 Å². The number of amides is 1. The van der Waals surface area contributed by atoms with Gasteiger partial charge in [-0.2, -0.15) is 18.3 Å². The van der Waals surface area contributed by atoms with Gasteiger partial charge in [0.15, 0.2) is 12.4 Å². The van der Waals surface area contributed by atoms with Gasteiger partial charge in [-0.05, 0) is 36.4 Å². The maximum Gasteiger partial charge on any atom is 0.416 e. The summed E-state index contributed by atoms with van der Waals surface area (Å²) in [5, 5.41) is 6.78. The highest BCUT2D eigenvalue weighted by atomic mass is 19.4. The monoisotopic (exact) mass is 361 g/mol. The number of hydrogen-bond acceptors (Lipinski definition) is 3. The molecule has 5 nitrogen and oxygen atoms in total. The van der Waals surface area contributed by atoms with Crippen LogP contribution in [0, 0.1) is 0 Å². The van der Waals surface area contributed by atoms with Gasteiger partial charge in [-0.15, -0.1) is 0 Å². The molecule has 0 unspecified atom stereocenters. The fourth-order valence-electron chi connectivity index (χ4n) is 2.18. The third kappa shape index (κ3) is 4.41. The lowest BCUT2D eigenvalue weighted by Gasteiger charge is -2.09. The van der Waals surface area contributed by atoms with Crippen LogP contribution >= 0.6 is 0 Å². The number of benzene rings is 2. The van der Waals surface area contributed by atoms with Crippen LogP contribution in [0.4, 0.5) is 19.0 Å². The lowest BCUT2D eigenvalue weighted by molar-refractivity contribution is -0.137. The second kappa shape index (κ2) is 7.30. The van der Waals surface area contributed by atoms with E-state index >= 15 is 0 Å². The molecule has 0 aliphatic rings. The molecule has 0 atom stereocenters. The number of rotatable bonds is 5. The normalized spacial score (nSPS) is 11.2. The number of alkyl halides is 3. The summed E-state index contributed by atoms with van der Waals surface area (Å²) < 4.78 is 44.2. The van der Waals surface area contributed by atoms with Crippen LogP contribution in [-0.4, -0.2) is 22.3 Å². The Morgan fingerprint density at radius 3 is 2.38 bits per heavy atom. The van der Waals surface area contributed by atoms with Gasteiger partial charge < -0.3 is 10.1 Å². The van der Waals surface area contributed by atoms with Crippen LogP contribution in [0.5, 0.6) is 5.75 Å². The number of anilines is 1. The van der Waals surface area contributed by atoms with Crippen LogP contribution in [-0.2, 0) is 11.0 Å². The van der Waals surface area contributed by atoms with Gasteiger partial charge in [-0.3, -0.25) is 4.79 Å². The molecule has 134 valence electrons. The standard InChI is InChI=1S/C18H14F3N3O2/c19-18(20,21)13-6-8-15(9-7-13)26-12-17(25)22-16-10-11-24(23-16)14-4-2-1-3-5-14/h1-11H,12H2,(H,22,23,25). The number of aromatic nitrogens is 2. The molecular weight excluding hydrogens is 347 g/mol. The van der Waals surface area contributed by atoms with Crippen molar-refractivity contribution >= 4 is 11.7 Å². The zero-order valence-corrected chi connectivity index (χ0v) is 13.4. The molecule has 26 heavy (non-hydrogen) atoms. The van der Waals surface area contributed by atoms with E-state index in [0.717, 1.165) is 17.8 Å². The number of para-hydroxylation sites is 1. The van der Waals surface area contributed by atoms with Crippen molar-refractivity contribution in [2.24, 2.45) is 0 Å². The quantitative estimate of drug-likeness (QED) is 0.750. The molecule has 0 saturated carbocycles. The van der Waals surface area contributed by atoms with Gasteiger partial charge >= 0.3 is 6.18 Å².